The van der Waals surface area contributed by atoms with Gasteiger partial charge in [-0.3, -0.25) is 0 Å². The average Bonchev–Trinajstić information content (AvgIpc) is 2.57. The van der Waals surface area contributed by atoms with Crippen molar-refractivity contribution in [1.29, 1.82) is 0 Å². The first-order valence-corrected chi connectivity index (χ1v) is 7.74. The summed E-state index contributed by atoms with van der Waals surface area (Å²) in [6.07, 6.45) is 2.54. The molecule has 5 heteroatoms. The molecule has 0 bridgehead atoms. The molecule has 84 valence electrons. The summed E-state index contributed by atoms with van der Waals surface area (Å²) in [5.74, 6) is 3.54. The smallest absolute Gasteiger partial charge is 0.183 e. The van der Waals surface area contributed by atoms with E-state index in [1.165, 1.54) is 24.3 Å². The molecule has 0 radical (unpaired) electrons. The fourth-order valence-electron chi connectivity index (χ4n) is 1.63. The molecular formula is C10H13Br2NOS. The summed E-state index contributed by atoms with van der Waals surface area (Å²) in [6, 6.07) is 2.67. The SMILES string of the molecule is Brc1cc(CNC2CCSCC2)oc1Br. The first-order valence-electron chi connectivity index (χ1n) is 5.00. The summed E-state index contributed by atoms with van der Waals surface area (Å²) in [4.78, 5) is 0. The van der Waals surface area contributed by atoms with E-state index in [1.54, 1.807) is 0 Å². The largest absolute Gasteiger partial charge is 0.452 e. The molecule has 1 aliphatic heterocycles. The van der Waals surface area contributed by atoms with Gasteiger partial charge in [0.05, 0.1) is 11.0 Å². The van der Waals surface area contributed by atoms with E-state index < -0.39 is 0 Å². The van der Waals surface area contributed by atoms with E-state index in [-0.39, 0.29) is 0 Å². The van der Waals surface area contributed by atoms with Crippen molar-refractivity contribution in [3.8, 4) is 0 Å². The molecule has 1 aliphatic rings. The Hall–Kier alpha value is 0.550. The van der Waals surface area contributed by atoms with Gasteiger partial charge in [0.25, 0.3) is 0 Å². The van der Waals surface area contributed by atoms with Gasteiger partial charge in [-0.05, 0) is 62.3 Å². The van der Waals surface area contributed by atoms with Gasteiger partial charge in [-0.25, -0.2) is 0 Å². The van der Waals surface area contributed by atoms with Crippen LogP contribution in [0.1, 0.15) is 18.6 Å². The van der Waals surface area contributed by atoms with E-state index in [2.05, 4.69) is 37.2 Å². The Morgan fingerprint density at radius 2 is 2.13 bits per heavy atom. The third kappa shape index (κ3) is 3.51. The molecule has 1 fully saturated rings. The molecule has 2 rings (SSSR count). The van der Waals surface area contributed by atoms with E-state index in [0.717, 1.165) is 21.4 Å². The minimum atomic E-state index is 0.661. The second-order valence-electron chi connectivity index (χ2n) is 3.60. The van der Waals surface area contributed by atoms with Gasteiger partial charge in [-0.1, -0.05) is 0 Å². The van der Waals surface area contributed by atoms with Gasteiger partial charge in [0, 0.05) is 6.04 Å². The van der Waals surface area contributed by atoms with Crippen molar-refractivity contribution >= 4 is 43.6 Å². The highest BCUT2D eigenvalue weighted by Crippen LogP contribution is 2.27. The van der Waals surface area contributed by atoms with Crippen molar-refractivity contribution in [2.75, 3.05) is 11.5 Å². The molecule has 0 amide bonds. The number of nitrogens with one attached hydrogen (secondary N) is 1. The van der Waals surface area contributed by atoms with Crippen molar-refractivity contribution in [2.24, 2.45) is 0 Å². The van der Waals surface area contributed by atoms with E-state index in [0.29, 0.717) is 6.04 Å². The molecule has 1 aromatic heterocycles. The predicted octanol–water partition coefficient (Wildman–Crippen LogP) is 3.79. The van der Waals surface area contributed by atoms with Gasteiger partial charge in [0.2, 0.25) is 0 Å². The lowest BCUT2D eigenvalue weighted by Crippen LogP contribution is -2.31. The van der Waals surface area contributed by atoms with Crippen molar-refractivity contribution in [3.63, 3.8) is 0 Å². The first-order chi connectivity index (χ1) is 7.25. The van der Waals surface area contributed by atoms with E-state index >= 15 is 0 Å². The molecule has 0 spiro atoms. The summed E-state index contributed by atoms with van der Waals surface area (Å²) in [5, 5.41) is 3.53. The van der Waals surface area contributed by atoms with E-state index in [9.17, 15) is 0 Å². The molecule has 0 atom stereocenters. The molecule has 0 aliphatic carbocycles. The van der Waals surface area contributed by atoms with E-state index in [1.807, 2.05) is 17.8 Å². The maximum atomic E-state index is 5.51. The fourth-order valence-corrected chi connectivity index (χ4v) is 3.39. The zero-order valence-electron chi connectivity index (χ0n) is 8.26. The Bertz CT molecular complexity index is 304. The van der Waals surface area contributed by atoms with Crippen LogP contribution in [0.25, 0.3) is 0 Å². The van der Waals surface area contributed by atoms with Crippen molar-refractivity contribution in [2.45, 2.75) is 25.4 Å². The molecule has 1 N–H and O–H groups in total. The van der Waals surface area contributed by atoms with Gasteiger partial charge >= 0.3 is 0 Å². The van der Waals surface area contributed by atoms with Crippen LogP contribution < -0.4 is 5.32 Å². The highest BCUT2D eigenvalue weighted by molar-refractivity contribution is 9.13. The van der Waals surface area contributed by atoms with Crippen LogP contribution in [0.15, 0.2) is 19.6 Å². The lowest BCUT2D eigenvalue weighted by atomic mass is 10.1. The van der Waals surface area contributed by atoms with Crippen LogP contribution in [0.2, 0.25) is 0 Å². The number of hydrogen-bond donors (Lipinski definition) is 1. The Balaban J connectivity index is 1.81. The predicted molar refractivity (Wildman–Crippen MR) is 71.3 cm³/mol. The third-order valence-corrected chi connectivity index (χ3v) is 5.24. The zero-order valence-corrected chi connectivity index (χ0v) is 12.3. The highest BCUT2D eigenvalue weighted by atomic mass is 79.9. The number of rotatable bonds is 3. The minimum Gasteiger partial charge on any atom is -0.452 e. The van der Waals surface area contributed by atoms with Crippen molar-refractivity contribution in [3.05, 3.63) is 21.0 Å². The number of furan rings is 1. The van der Waals surface area contributed by atoms with Crippen LogP contribution in [0.4, 0.5) is 0 Å². The van der Waals surface area contributed by atoms with Gasteiger partial charge in [-0.2, -0.15) is 11.8 Å². The number of halogens is 2. The fraction of sp³-hybridized carbons (Fsp3) is 0.600. The van der Waals surface area contributed by atoms with Crippen LogP contribution in [0, 0.1) is 0 Å². The quantitative estimate of drug-likeness (QED) is 0.893. The summed E-state index contributed by atoms with van der Waals surface area (Å²) < 4.78 is 7.27. The van der Waals surface area contributed by atoms with Gasteiger partial charge in [0.15, 0.2) is 4.67 Å². The highest BCUT2D eigenvalue weighted by Gasteiger charge is 2.14. The Morgan fingerprint density at radius 3 is 2.73 bits per heavy atom. The summed E-state index contributed by atoms with van der Waals surface area (Å²) in [5.41, 5.74) is 0. The second-order valence-corrected chi connectivity index (χ2v) is 6.40. The summed E-state index contributed by atoms with van der Waals surface area (Å²) in [7, 11) is 0. The maximum Gasteiger partial charge on any atom is 0.183 e. The normalized spacial score (nSPS) is 18.3. The Morgan fingerprint density at radius 1 is 1.40 bits per heavy atom. The second kappa shape index (κ2) is 5.75. The molecule has 0 aromatic carbocycles. The summed E-state index contributed by atoms with van der Waals surface area (Å²) in [6.45, 7) is 0.819. The van der Waals surface area contributed by atoms with Crippen LogP contribution in [-0.4, -0.2) is 17.5 Å². The van der Waals surface area contributed by atoms with Crippen LogP contribution >= 0.6 is 43.6 Å². The van der Waals surface area contributed by atoms with Crippen LogP contribution in [0.5, 0.6) is 0 Å². The number of hydrogen-bond acceptors (Lipinski definition) is 3. The van der Waals surface area contributed by atoms with Crippen LogP contribution in [-0.2, 0) is 6.54 Å². The van der Waals surface area contributed by atoms with Gasteiger partial charge in [-0.15, -0.1) is 0 Å². The summed E-state index contributed by atoms with van der Waals surface area (Å²) >= 11 is 8.80. The molecule has 15 heavy (non-hydrogen) atoms. The molecule has 2 heterocycles. The Kier molecular flexibility index (Phi) is 4.61. The van der Waals surface area contributed by atoms with Crippen molar-refractivity contribution < 1.29 is 4.42 Å². The average molecular weight is 355 g/mol. The first kappa shape index (κ1) is 12.0. The molecule has 1 saturated heterocycles. The zero-order chi connectivity index (χ0) is 10.7. The molecule has 0 unspecified atom stereocenters. The standard InChI is InChI=1S/C10H13Br2NOS/c11-9-5-8(14-10(9)12)6-13-7-1-3-15-4-2-7/h5,7,13H,1-4,6H2. The lowest BCUT2D eigenvalue weighted by Gasteiger charge is -2.21. The van der Waals surface area contributed by atoms with E-state index in [4.69, 9.17) is 4.42 Å². The number of thioether (sulfide) groups is 1. The maximum absolute atomic E-state index is 5.51. The van der Waals surface area contributed by atoms with Gasteiger partial charge < -0.3 is 9.73 Å². The Labute approximate surface area is 111 Å². The molecular weight excluding hydrogens is 342 g/mol. The lowest BCUT2D eigenvalue weighted by molar-refractivity contribution is 0.420. The molecule has 1 aromatic rings. The van der Waals surface area contributed by atoms with Gasteiger partial charge in [0.1, 0.15) is 5.76 Å². The monoisotopic (exact) mass is 353 g/mol. The molecule has 0 saturated carbocycles. The molecule has 2 nitrogen and oxygen atoms in total. The topological polar surface area (TPSA) is 25.2 Å². The minimum absolute atomic E-state index is 0.661. The van der Waals surface area contributed by atoms with Crippen LogP contribution in [0.3, 0.4) is 0 Å². The van der Waals surface area contributed by atoms with Crippen molar-refractivity contribution in [1.82, 2.24) is 5.32 Å². The third-order valence-electron chi connectivity index (χ3n) is 2.48.